The molecule has 4 heterocycles. The smallest absolute Gasteiger partial charge is 0.351 e. The van der Waals surface area contributed by atoms with Gasteiger partial charge in [-0.05, 0) is 13.8 Å². The zero-order valence-corrected chi connectivity index (χ0v) is 29.1. The average molecular weight is 637 g/mol. The molecule has 14 nitrogen and oxygen atoms in total. The fourth-order valence-electron chi connectivity index (χ4n) is 6.44. The number of rotatable bonds is 10. The number of methoxy groups -OCH3 is 4. The van der Waals surface area contributed by atoms with Crippen molar-refractivity contribution in [3.05, 3.63) is 44.5 Å². The molecule has 0 N–H and O–H groups in total. The van der Waals surface area contributed by atoms with E-state index < -0.39 is 17.9 Å². The van der Waals surface area contributed by atoms with Gasteiger partial charge in [-0.25, -0.2) is 9.59 Å². The predicted octanol–water partition coefficient (Wildman–Crippen LogP) is 2.02. The molecule has 2 aliphatic rings. The van der Waals surface area contributed by atoms with Gasteiger partial charge in [0.1, 0.15) is 36.3 Å². The van der Waals surface area contributed by atoms with E-state index in [0.29, 0.717) is 24.8 Å². The van der Waals surface area contributed by atoms with E-state index in [4.69, 9.17) is 28.4 Å². The lowest BCUT2D eigenvalue weighted by atomic mass is 9.84. The molecular weight excluding hydrogens is 584 g/mol. The highest BCUT2D eigenvalue weighted by Crippen LogP contribution is 2.46. The Morgan fingerprint density at radius 3 is 1.76 bits per heavy atom. The summed E-state index contributed by atoms with van der Waals surface area (Å²) in [5, 5.41) is 0. The van der Waals surface area contributed by atoms with Crippen molar-refractivity contribution in [3.63, 3.8) is 0 Å². The van der Waals surface area contributed by atoms with Crippen molar-refractivity contribution in [2.45, 2.75) is 71.5 Å². The lowest BCUT2D eigenvalue weighted by Gasteiger charge is -2.31. The molecule has 0 aromatic carbocycles. The summed E-state index contributed by atoms with van der Waals surface area (Å²) in [7, 11) is 14.0. The van der Waals surface area contributed by atoms with Gasteiger partial charge in [0.25, 0.3) is 0 Å². The molecule has 0 saturated carbocycles. The van der Waals surface area contributed by atoms with Crippen LogP contribution in [0.1, 0.15) is 44.4 Å². The molecule has 254 valence electrons. The molecule has 7 unspecified atom stereocenters. The van der Waals surface area contributed by atoms with Crippen molar-refractivity contribution in [2.24, 2.45) is 11.3 Å². The number of hydrogen-bond donors (Lipinski definition) is 0. The second kappa shape index (κ2) is 15.1. The van der Waals surface area contributed by atoms with E-state index >= 15 is 0 Å². The Hall–Kier alpha value is -2.88. The van der Waals surface area contributed by atoms with Crippen LogP contribution in [0.3, 0.4) is 0 Å². The molecule has 2 aromatic heterocycles. The Morgan fingerprint density at radius 2 is 1.29 bits per heavy atom. The van der Waals surface area contributed by atoms with Crippen LogP contribution in [0.2, 0.25) is 0 Å². The van der Waals surface area contributed by atoms with E-state index in [1.807, 2.05) is 72.6 Å². The number of aryl methyl sites for hydroxylation is 2. The third-order valence-corrected chi connectivity index (χ3v) is 8.44. The Kier molecular flexibility index (Phi) is 12.3. The third-order valence-electron chi connectivity index (χ3n) is 8.44. The molecule has 0 aliphatic carbocycles. The second-order valence-corrected chi connectivity index (χ2v) is 12.7. The van der Waals surface area contributed by atoms with E-state index in [-0.39, 0.29) is 41.7 Å². The number of nitrogens with zero attached hydrogens (tertiary/aromatic N) is 6. The molecular formula is C31H52N6O8. The van der Waals surface area contributed by atoms with Crippen molar-refractivity contribution in [1.29, 1.82) is 0 Å². The van der Waals surface area contributed by atoms with E-state index in [1.54, 1.807) is 50.0 Å². The summed E-state index contributed by atoms with van der Waals surface area (Å²) in [4.78, 5) is 36.9. The summed E-state index contributed by atoms with van der Waals surface area (Å²) in [6, 6.07) is 0. The van der Waals surface area contributed by atoms with Gasteiger partial charge in [0.05, 0.1) is 25.4 Å². The third kappa shape index (κ3) is 7.58. The molecule has 4 rings (SSSR count). The van der Waals surface area contributed by atoms with E-state index in [1.165, 1.54) is 0 Å². The highest BCUT2D eigenvalue weighted by molar-refractivity contribution is 5.43. The zero-order chi connectivity index (χ0) is 33.8. The minimum Gasteiger partial charge on any atom is -0.382 e. The molecule has 2 aliphatic heterocycles. The van der Waals surface area contributed by atoms with Gasteiger partial charge in [0.15, 0.2) is 0 Å². The van der Waals surface area contributed by atoms with Gasteiger partial charge >= 0.3 is 11.4 Å². The molecule has 0 bridgehead atoms. The highest BCUT2D eigenvalue weighted by atomic mass is 16.6. The Balaban J connectivity index is 0.000000246. The highest BCUT2D eigenvalue weighted by Gasteiger charge is 2.52. The van der Waals surface area contributed by atoms with Crippen molar-refractivity contribution in [2.75, 3.05) is 79.6 Å². The van der Waals surface area contributed by atoms with Gasteiger partial charge in [0.2, 0.25) is 0 Å². The first-order valence-corrected chi connectivity index (χ1v) is 15.0. The average Bonchev–Trinajstić information content (AvgIpc) is 3.41. The Bertz CT molecular complexity index is 1390. The summed E-state index contributed by atoms with van der Waals surface area (Å²) in [5.74, 6) is 1.36. The van der Waals surface area contributed by atoms with Crippen molar-refractivity contribution in [3.8, 4) is 0 Å². The number of aromatic nitrogens is 4. The maximum atomic E-state index is 12.5. The minimum absolute atomic E-state index is 0.0225. The molecule has 0 amide bonds. The Morgan fingerprint density at radius 1 is 0.800 bits per heavy atom. The van der Waals surface area contributed by atoms with Gasteiger partial charge in [-0.2, -0.15) is 9.97 Å². The first-order valence-electron chi connectivity index (χ1n) is 15.0. The molecule has 7 atom stereocenters. The monoisotopic (exact) mass is 636 g/mol. The van der Waals surface area contributed by atoms with Gasteiger partial charge in [0, 0.05) is 91.5 Å². The summed E-state index contributed by atoms with van der Waals surface area (Å²) in [5.41, 5.74) is 0.794. The Labute approximate surface area is 266 Å². The summed E-state index contributed by atoms with van der Waals surface area (Å²) in [6.45, 7) is 10.8. The van der Waals surface area contributed by atoms with E-state index in [9.17, 15) is 9.59 Å². The lowest BCUT2D eigenvalue weighted by Crippen LogP contribution is -2.40. The summed E-state index contributed by atoms with van der Waals surface area (Å²) >= 11 is 0. The van der Waals surface area contributed by atoms with Crippen LogP contribution in [-0.4, -0.2) is 113 Å². The van der Waals surface area contributed by atoms with Gasteiger partial charge in [-0.15, -0.1) is 0 Å². The predicted molar refractivity (Wildman–Crippen MR) is 171 cm³/mol. The minimum atomic E-state index is -0.456. The van der Waals surface area contributed by atoms with Crippen LogP contribution < -0.4 is 21.2 Å². The normalized spacial score (nSPS) is 27.3. The van der Waals surface area contributed by atoms with Crippen LogP contribution in [0.4, 0.5) is 11.6 Å². The van der Waals surface area contributed by atoms with Gasteiger partial charge < -0.3 is 38.2 Å². The summed E-state index contributed by atoms with van der Waals surface area (Å²) in [6.07, 6.45) is 2.02. The van der Waals surface area contributed by atoms with Crippen LogP contribution in [0, 0.1) is 25.2 Å². The number of ether oxygens (including phenoxy) is 6. The van der Waals surface area contributed by atoms with E-state index in [0.717, 1.165) is 11.1 Å². The number of anilines is 2. The molecule has 2 aromatic rings. The van der Waals surface area contributed by atoms with Gasteiger partial charge in [-0.1, -0.05) is 20.8 Å². The fraction of sp³-hybridized carbons (Fsp3) is 0.742. The van der Waals surface area contributed by atoms with Crippen molar-refractivity contribution in [1.82, 2.24) is 19.1 Å². The zero-order valence-electron chi connectivity index (χ0n) is 29.1. The number of hydrogen-bond acceptors (Lipinski definition) is 12. The maximum Gasteiger partial charge on any atom is 0.351 e. The first kappa shape index (κ1) is 36.6. The first-order chi connectivity index (χ1) is 21.1. The molecule has 0 radical (unpaired) electrons. The fourth-order valence-corrected chi connectivity index (χ4v) is 6.44. The molecule has 0 spiro atoms. The molecule has 45 heavy (non-hydrogen) atoms. The van der Waals surface area contributed by atoms with Crippen LogP contribution in [0.15, 0.2) is 22.0 Å². The van der Waals surface area contributed by atoms with Gasteiger partial charge in [-0.3, -0.25) is 9.13 Å². The maximum absolute atomic E-state index is 12.5. The molecule has 2 saturated heterocycles. The quantitative estimate of drug-likeness (QED) is 0.378. The topological polar surface area (TPSA) is 132 Å². The van der Waals surface area contributed by atoms with Crippen LogP contribution in [0.25, 0.3) is 0 Å². The lowest BCUT2D eigenvalue weighted by molar-refractivity contribution is -0.0635. The van der Waals surface area contributed by atoms with Crippen molar-refractivity contribution < 1.29 is 28.4 Å². The van der Waals surface area contributed by atoms with Crippen molar-refractivity contribution >= 4 is 11.6 Å². The van der Waals surface area contributed by atoms with Crippen LogP contribution in [-0.2, 0) is 28.4 Å². The van der Waals surface area contributed by atoms with Crippen LogP contribution >= 0.6 is 0 Å². The van der Waals surface area contributed by atoms with E-state index in [2.05, 4.69) is 9.97 Å². The molecule has 2 fully saturated rings. The standard InChI is InChI=1S/C16H27N3O4.C15H25N3O4/c1-10-8-19(15(20)17-13(10)18(4)5)14-16(2,3)12(22-7)11(23-14)9-21-6;1-9-7-18(15(19)16-13(9)17(3)4)14-10(2)12(21-6)11(22-14)8-20-5/h8,11-12,14H,9H2,1-7H3;7,10-12,14H,8H2,1-6H3. The van der Waals surface area contributed by atoms with Crippen LogP contribution in [0.5, 0.6) is 0 Å². The molecule has 14 heteroatoms. The second-order valence-electron chi connectivity index (χ2n) is 12.7. The summed E-state index contributed by atoms with van der Waals surface area (Å²) < 4.78 is 36.8. The largest absolute Gasteiger partial charge is 0.382 e. The SMILES string of the molecule is COCC1OC(n2cc(C)c(N(C)C)nc2=O)C(C)(C)C1OC.COCC1OC(n2cc(C)c(N(C)C)nc2=O)C(C)C1OC.